The Labute approximate surface area is 223 Å². The molecule has 4 N–H and O–H groups in total. The number of rotatable bonds is 8. The quantitative estimate of drug-likeness (QED) is 0.240. The summed E-state index contributed by atoms with van der Waals surface area (Å²) in [6, 6.07) is 14.6. The van der Waals surface area contributed by atoms with Crippen molar-refractivity contribution in [2.75, 3.05) is 30.3 Å². The van der Waals surface area contributed by atoms with Crippen LogP contribution >= 0.6 is 0 Å². The van der Waals surface area contributed by atoms with Crippen LogP contribution in [0.25, 0.3) is 22.0 Å². The number of halogens is 3. The summed E-state index contributed by atoms with van der Waals surface area (Å²) >= 11 is 0. The standard InChI is InChI=1S/C28H29F3N6O2/c1-17-14-23(35-16-24(38)28(29,30)31)19-7-2-3-8-20(19)25(17)39-26-21(9-5-12-33-26)22-10-13-34-27(37-22)36-18-6-4-11-32-15-18/h2-3,5,7-10,12-14,18,24,32,35,38H,4,6,11,15-16H2,1H3,(H,34,36,37)/t18-,24?/m0/s1. The molecule has 1 unspecified atom stereocenters. The van der Waals surface area contributed by atoms with Crippen LogP contribution in [0, 0.1) is 6.92 Å². The molecule has 0 aliphatic carbocycles. The number of pyridine rings is 1. The van der Waals surface area contributed by atoms with E-state index in [1.807, 2.05) is 18.2 Å². The molecule has 204 valence electrons. The number of nitrogens with zero attached hydrogens (tertiary/aromatic N) is 3. The fourth-order valence-electron chi connectivity index (χ4n) is 4.59. The Bertz CT molecular complexity index is 1440. The number of ether oxygens (including phenoxy) is 1. The summed E-state index contributed by atoms with van der Waals surface area (Å²) in [6.07, 6.45) is -1.76. The summed E-state index contributed by atoms with van der Waals surface area (Å²) in [4.78, 5) is 13.5. The third kappa shape index (κ3) is 6.21. The molecule has 2 aromatic heterocycles. The molecule has 39 heavy (non-hydrogen) atoms. The van der Waals surface area contributed by atoms with Crippen molar-refractivity contribution < 1.29 is 23.0 Å². The van der Waals surface area contributed by atoms with E-state index in [9.17, 15) is 18.3 Å². The Kier molecular flexibility index (Phi) is 7.80. The lowest BCUT2D eigenvalue weighted by molar-refractivity contribution is -0.198. The second-order valence-electron chi connectivity index (χ2n) is 9.47. The topological polar surface area (TPSA) is 104 Å². The highest BCUT2D eigenvalue weighted by atomic mass is 19.4. The molecule has 1 aliphatic heterocycles. The first-order valence-corrected chi connectivity index (χ1v) is 12.7. The molecular weight excluding hydrogens is 509 g/mol. The van der Waals surface area contributed by atoms with Gasteiger partial charge in [0.15, 0.2) is 6.10 Å². The van der Waals surface area contributed by atoms with Gasteiger partial charge in [0.25, 0.3) is 0 Å². The first kappa shape index (κ1) is 26.6. The third-order valence-electron chi connectivity index (χ3n) is 6.58. The van der Waals surface area contributed by atoms with Crippen LogP contribution in [0.3, 0.4) is 0 Å². The molecule has 1 aliphatic rings. The Morgan fingerprint density at radius 2 is 1.92 bits per heavy atom. The summed E-state index contributed by atoms with van der Waals surface area (Å²) in [5.41, 5.74) is 2.46. The van der Waals surface area contributed by atoms with Crippen molar-refractivity contribution in [3.8, 4) is 22.9 Å². The lowest BCUT2D eigenvalue weighted by Gasteiger charge is -2.23. The lowest BCUT2D eigenvalue weighted by Crippen LogP contribution is -2.38. The normalized spacial score (nSPS) is 16.6. The number of alkyl halides is 3. The minimum Gasteiger partial charge on any atom is -0.437 e. The Morgan fingerprint density at radius 3 is 2.69 bits per heavy atom. The number of hydrogen-bond donors (Lipinski definition) is 4. The van der Waals surface area contributed by atoms with Gasteiger partial charge >= 0.3 is 6.18 Å². The zero-order valence-corrected chi connectivity index (χ0v) is 21.3. The number of aryl methyl sites for hydroxylation is 1. The average Bonchev–Trinajstić information content (AvgIpc) is 2.94. The number of fused-ring (bicyclic) bond motifs is 1. The van der Waals surface area contributed by atoms with Gasteiger partial charge in [0.2, 0.25) is 11.8 Å². The molecule has 1 saturated heterocycles. The number of benzene rings is 2. The fraction of sp³-hybridized carbons (Fsp3) is 0.321. The Balaban J connectivity index is 1.44. The van der Waals surface area contributed by atoms with Crippen molar-refractivity contribution in [3.63, 3.8) is 0 Å². The molecule has 2 aromatic carbocycles. The van der Waals surface area contributed by atoms with Crippen molar-refractivity contribution in [2.24, 2.45) is 0 Å². The van der Waals surface area contributed by atoms with Crippen LogP contribution in [0.1, 0.15) is 18.4 Å². The molecule has 0 spiro atoms. The lowest BCUT2D eigenvalue weighted by atomic mass is 10.0. The molecule has 0 bridgehead atoms. The number of aromatic nitrogens is 3. The minimum absolute atomic E-state index is 0.247. The smallest absolute Gasteiger partial charge is 0.416 e. The van der Waals surface area contributed by atoms with E-state index in [0.29, 0.717) is 50.9 Å². The van der Waals surface area contributed by atoms with Crippen LogP contribution in [0.2, 0.25) is 0 Å². The van der Waals surface area contributed by atoms with E-state index in [2.05, 4.69) is 25.9 Å². The van der Waals surface area contributed by atoms with Crippen molar-refractivity contribution >= 4 is 22.4 Å². The van der Waals surface area contributed by atoms with Gasteiger partial charge in [-0.1, -0.05) is 24.3 Å². The van der Waals surface area contributed by atoms with Crippen LogP contribution in [0.4, 0.5) is 24.8 Å². The van der Waals surface area contributed by atoms with Gasteiger partial charge in [0, 0.05) is 48.0 Å². The number of anilines is 2. The molecule has 5 rings (SSSR count). The summed E-state index contributed by atoms with van der Waals surface area (Å²) in [5, 5.41) is 20.3. The van der Waals surface area contributed by atoms with Gasteiger partial charge in [-0.2, -0.15) is 13.2 Å². The maximum absolute atomic E-state index is 12.8. The zero-order chi connectivity index (χ0) is 27.4. The second kappa shape index (κ2) is 11.4. The highest BCUT2D eigenvalue weighted by molar-refractivity contribution is 5.99. The highest BCUT2D eigenvalue weighted by Gasteiger charge is 2.38. The first-order valence-electron chi connectivity index (χ1n) is 12.7. The molecule has 0 radical (unpaired) electrons. The van der Waals surface area contributed by atoms with E-state index in [0.717, 1.165) is 25.9 Å². The van der Waals surface area contributed by atoms with Crippen molar-refractivity contribution in [3.05, 3.63) is 66.5 Å². The third-order valence-corrected chi connectivity index (χ3v) is 6.58. The number of piperidine rings is 1. The zero-order valence-electron chi connectivity index (χ0n) is 21.3. The molecule has 1 fully saturated rings. The SMILES string of the molecule is Cc1cc(NCC(O)C(F)(F)F)c2ccccc2c1Oc1ncccc1-c1ccnc(N[C@H]2CCCNC2)n1. The van der Waals surface area contributed by atoms with E-state index >= 15 is 0 Å². The van der Waals surface area contributed by atoms with Crippen LogP contribution in [-0.4, -0.2) is 58.0 Å². The Morgan fingerprint density at radius 1 is 1.10 bits per heavy atom. The van der Waals surface area contributed by atoms with Crippen molar-refractivity contribution in [1.82, 2.24) is 20.3 Å². The van der Waals surface area contributed by atoms with Gasteiger partial charge in [0.1, 0.15) is 5.75 Å². The van der Waals surface area contributed by atoms with E-state index in [-0.39, 0.29) is 6.04 Å². The van der Waals surface area contributed by atoms with Crippen LogP contribution < -0.4 is 20.7 Å². The van der Waals surface area contributed by atoms with Gasteiger partial charge in [0.05, 0.1) is 11.3 Å². The maximum Gasteiger partial charge on any atom is 0.416 e. The van der Waals surface area contributed by atoms with Crippen LogP contribution in [-0.2, 0) is 0 Å². The summed E-state index contributed by atoms with van der Waals surface area (Å²) in [5.74, 6) is 1.38. The largest absolute Gasteiger partial charge is 0.437 e. The summed E-state index contributed by atoms with van der Waals surface area (Å²) in [6.45, 7) is 3.00. The van der Waals surface area contributed by atoms with E-state index in [4.69, 9.17) is 9.72 Å². The Hall–Kier alpha value is -3.96. The van der Waals surface area contributed by atoms with Gasteiger partial charge in [-0.05, 0) is 56.1 Å². The van der Waals surface area contributed by atoms with Crippen LogP contribution in [0.15, 0.2) is 60.9 Å². The molecule has 0 amide bonds. The highest BCUT2D eigenvalue weighted by Crippen LogP contribution is 2.39. The van der Waals surface area contributed by atoms with E-state index in [1.54, 1.807) is 49.6 Å². The summed E-state index contributed by atoms with van der Waals surface area (Å²) in [7, 11) is 0. The fourth-order valence-corrected chi connectivity index (χ4v) is 4.59. The van der Waals surface area contributed by atoms with Crippen LogP contribution in [0.5, 0.6) is 11.6 Å². The number of nitrogens with one attached hydrogen (secondary N) is 3. The molecule has 4 aromatic rings. The average molecular weight is 539 g/mol. The second-order valence-corrected chi connectivity index (χ2v) is 9.47. The summed E-state index contributed by atoms with van der Waals surface area (Å²) < 4.78 is 44.9. The molecule has 11 heteroatoms. The number of hydrogen-bond acceptors (Lipinski definition) is 8. The maximum atomic E-state index is 12.8. The molecule has 3 heterocycles. The van der Waals surface area contributed by atoms with Crippen molar-refractivity contribution in [2.45, 2.75) is 38.1 Å². The molecule has 2 atom stereocenters. The van der Waals surface area contributed by atoms with Gasteiger partial charge in [-0.25, -0.2) is 15.0 Å². The van der Waals surface area contributed by atoms with Crippen molar-refractivity contribution in [1.29, 1.82) is 0 Å². The number of aliphatic hydroxyl groups is 1. The molecular formula is C28H29F3N6O2. The van der Waals surface area contributed by atoms with E-state index in [1.165, 1.54) is 0 Å². The number of aliphatic hydroxyl groups excluding tert-OH is 1. The monoisotopic (exact) mass is 538 g/mol. The van der Waals surface area contributed by atoms with Gasteiger partial charge in [-0.3, -0.25) is 0 Å². The predicted octanol–water partition coefficient (Wildman–Crippen LogP) is 5.29. The minimum atomic E-state index is -4.71. The van der Waals surface area contributed by atoms with Gasteiger partial charge < -0.3 is 25.8 Å². The molecule has 0 saturated carbocycles. The predicted molar refractivity (Wildman–Crippen MR) is 144 cm³/mol. The first-order chi connectivity index (χ1) is 18.8. The van der Waals surface area contributed by atoms with Gasteiger partial charge in [-0.15, -0.1) is 0 Å². The van der Waals surface area contributed by atoms with E-state index < -0.39 is 18.8 Å². The molecule has 8 nitrogen and oxygen atoms in total.